The Morgan fingerprint density at radius 2 is 1.32 bits per heavy atom. The van der Waals surface area contributed by atoms with Crippen LogP contribution in [0, 0.1) is 29.6 Å². The monoisotopic (exact) mass is 400 g/mol. The number of unbranched alkanes of at least 4 members (excludes halogenated alkanes) is 2. The second kappa shape index (κ2) is 10.0. The molecule has 3 aliphatic rings. The number of benzene rings is 1. The van der Waals surface area contributed by atoms with Gasteiger partial charge in [-0.25, -0.2) is 0 Å². The molecule has 0 amide bonds. The van der Waals surface area contributed by atoms with E-state index >= 15 is 0 Å². The predicted octanol–water partition coefficient (Wildman–Crippen LogP) is 9.03. The van der Waals surface area contributed by atoms with Crippen LogP contribution < -0.4 is 0 Å². The average molecular weight is 401 g/mol. The van der Waals surface area contributed by atoms with Gasteiger partial charge in [-0.05, 0) is 111 Å². The fourth-order valence-corrected chi connectivity index (χ4v) is 7.18. The summed E-state index contributed by atoms with van der Waals surface area (Å²) in [4.78, 5) is 0. The highest BCUT2D eigenvalue weighted by molar-refractivity contribution is 6.30. The summed E-state index contributed by atoms with van der Waals surface area (Å²) < 4.78 is 0. The zero-order valence-corrected chi connectivity index (χ0v) is 18.8. The maximum Gasteiger partial charge on any atom is 0.0406 e. The number of hydrogen-bond acceptors (Lipinski definition) is 0. The fraction of sp³-hybridized carbons (Fsp3) is 0.778. The smallest absolute Gasteiger partial charge is 0.0406 e. The second-order valence-electron chi connectivity index (χ2n) is 10.4. The summed E-state index contributed by atoms with van der Waals surface area (Å²) in [6.45, 7) is 2.33. The molecule has 1 aromatic carbocycles. The van der Waals surface area contributed by atoms with Crippen molar-refractivity contribution in [2.24, 2.45) is 29.6 Å². The molecule has 0 nitrogen and oxygen atoms in total. The molecule has 0 N–H and O–H groups in total. The van der Waals surface area contributed by atoms with Gasteiger partial charge in [-0.3, -0.25) is 0 Å². The Morgan fingerprint density at radius 3 is 2.04 bits per heavy atom. The first-order valence-corrected chi connectivity index (χ1v) is 12.9. The SMILES string of the molecule is CCCCCC1CCC2CC(C3CCC(c4ccc(Cl)cc4)CC3)CCC2C1. The summed E-state index contributed by atoms with van der Waals surface area (Å²) in [5.41, 5.74) is 1.52. The summed E-state index contributed by atoms with van der Waals surface area (Å²) in [5, 5.41) is 0.870. The summed E-state index contributed by atoms with van der Waals surface area (Å²) in [6.07, 6.45) is 20.9. The van der Waals surface area contributed by atoms with E-state index in [-0.39, 0.29) is 0 Å². The lowest BCUT2D eigenvalue weighted by molar-refractivity contribution is 0.0614. The van der Waals surface area contributed by atoms with Crippen molar-refractivity contribution in [1.29, 1.82) is 0 Å². The number of rotatable bonds is 6. The van der Waals surface area contributed by atoms with Crippen LogP contribution in [0.5, 0.6) is 0 Å². The van der Waals surface area contributed by atoms with Crippen molar-refractivity contribution in [2.45, 2.75) is 103 Å². The molecule has 0 heterocycles. The van der Waals surface area contributed by atoms with Crippen LogP contribution in [-0.4, -0.2) is 0 Å². The summed E-state index contributed by atoms with van der Waals surface area (Å²) >= 11 is 6.07. The molecule has 0 spiro atoms. The van der Waals surface area contributed by atoms with Crippen LogP contribution in [0.2, 0.25) is 5.02 Å². The van der Waals surface area contributed by atoms with Crippen LogP contribution in [0.3, 0.4) is 0 Å². The first-order chi connectivity index (χ1) is 13.7. The molecule has 0 aromatic heterocycles. The molecule has 4 rings (SSSR count). The molecule has 3 fully saturated rings. The number of hydrogen-bond donors (Lipinski definition) is 0. The Morgan fingerprint density at radius 1 is 0.714 bits per heavy atom. The van der Waals surface area contributed by atoms with Crippen molar-refractivity contribution >= 4 is 11.6 Å². The van der Waals surface area contributed by atoms with Crippen molar-refractivity contribution in [3.8, 4) is 0 Å². The summed E-state index contributed by atoms with van der Waals surface area (Å²) in [5.74, 6) is 6.08. The zero-order valence-electron chi connectivity index (χ0n) is 18.1. The lowest BCUT2D eigenvalue weighted by atomic mass is 9.60. The molecule has 156 valence electrons. The molecule has 3 saturated carbocycles. The molecular weight excluding hydrogens is 360 g/mol. The van der Waals surface area contributed by atoms with Gasteiger partial charge in [0.05, 0.1) is 0 Å². The van der Waals surface area contributed by atoms with Crippen molar-refractivity contribution in [1.82, 2.24) is 0 Å². The Labute approximate surface area is 178 Å². The van der Waals surface area contributed by atoms with E-state index in [2.05, 4.69) is 31.2 Å². The molecule has 0 radical (unpaired) electrons. The highest BCUT2D eigenvalue weighted by Gasteiger charge is 2.38. The molecule has 0 bridgehead atoms. The van der Waals surface area contributed by atoms with Gasteiger partial charge in [0.1, 0.15) is 0 Å². The van der Waals surface area contributed by atoms with Crippen LogP contribution >= 0.6 is 11.6 Å². The fourth-order valence-electron chi connectivity index (χ4n) is 7.05. The van der Waals surface area contributed by atoms with Gasteiger partial charge in [-0.15, -0.1) is 0 Å². The van der Waals surface area contributed by atoms with Crippen molar-refractivity contribution in [3.63, 3.8) is 0 Å². The molecule has 1 aromatic rings. The first kappa shape index (κ1) is 20.8. The third kappa shape index (κ3) is 5.16. The summed E-state index contributed by atoms with van der Waals surface area (Å²) in [7, 11) is 0. The number of fused-ring (bicyclic) bond motifs is 1. The predicted molar refractivity (Wildman–Crippen MR) is 122 cm³/mol. The molecular formula is C27H41Cl. The lowest BCUT2D eigenvalue weighted by Gasteiger charge is -2.45. The third-order valence-electron chi connectivity index (χ3n) is 8.76. The Hall–Kier alpha value is -0.490. The van der Waals surface area contributed by atoms with Crippen LogP contribution in [0.25, 0.3) is 0 Å². The van der Waals surface area contributed by atoms with Crippen LogP contribution in [0.1, 0.15) is 108 Å². The standard InChI is InChI=1S/C27H41Cl/c1-2-3-4-5-20-6-7-26-19-25(13-12-24(26)18-20)23-10-8-21(9-11-23)22-14-16-27(28)17-15-22/h14-17,20-21,23-26H,2-13,18-19H2,1H3. The lowest BCUT2D eigenvalue weighted by Crippen LogP contribution is -2.34. The van der Waals surface area contributed by atoms with E-state index in [9.17, 15) is 0 Å². The van der Waals surface area contributed by atoms with Crippen LogP contribution in [0.15, 0.2) is 24.3 Å². The van der Waals surface area contributed by atoms with E-state index in [1.807, 2.05) is 0 Å². The quantitative estimate of drug-likeness (QED) is 0.417. The normalized spacial score (nSPS) is 36.1. The van der Waals surface area contributed by atoms with Crippen LogP contribution in [-0.2, 0) is 0 Å². The van der Waals surface area contributed by atoms with Gasteiger partial charge >= 0.3 is 0 Å². The molecule has 4 atom stereocenters. The van der Waals surface area contributed by atoms with Gasteiger partial charge in [0.15, 0.2) is 0 Å². The molecule has 0 aliphatic heterocycles. The first-order valence-electron chi connectivity index (χ1n) is 12.5. The molecule has 1 heteroatoms. The van der Waals surface area contributed by atoms with Gasteiger partial charge in [-0.2, -0.15) is 0 Å². The van der Waals surface area contributed by atoms with Gasteiger partial charge in [0, 0.05) is 5.02 Å². The Kier molecular flexibility index (Phi) is 7.43. The van der Waals surface area contributed by atoms with E-state index in [4.69, 9.17) is 11.6 Å². The van der Waals surface area contributed by atoms with Gasteiger partial charge in [0.2, 0.25) is 0 Å². The van der Waals surface area contributed by atoms with Gasteiger partial charge in [0.25, 0.3) is 0 Å². The largest absolute Gasteiger partial charge is 0.0843 e. The highest BCUT2D eigenvalue weighted by Crippen LogP contribution is 2.50. The zero-order chi connectivity index (χ0) is 19.3. The van der Waals surface area contributed by atoms with E-state index in [0.717, 1.165) is 40.5 Å². The minimum Gasteiger partial charge on any atom is -0.0843 e. The van der Waals surface area contributed by atoms with Gasteiger partial charge in [-0.1, -0.05) is 62.8 Å². The minimum absolute atomic E-state index is 0.781. The topological polar surface area (TPSA) is 0 Å². The minimum atomic E-state index is 0.781. The maximum atomic E-state index is 6.07. The molecule has 4 unspecified atom stereocenters. The Balaban J connectivity index is 1.23. The molecule has 0 saturated heterocycles. The Bertz CT molecular complexity index is 583. The van der Waals surface area contributed by atoms with E-state index < -0.39 is 0 Å². The third-order valence-corrected chi connectivity index (χ3v) is 9.01. The second-order valence-corrected chi connectivity index (χ2v) is 10.9. The van der Waals surface area contributed by atoms with Crippen LogP contribution in [0.4, 0.5) is 0 Å². The highest BCUT2D eigenvalue weighted by atomic mass is 35.5. The number of halogens is 1. The van der Waals surface area contributed by atoms with E-state index in [1.165, 1.54) is 56.9 Å². The molecule has 28 heavy (non-hydrogen) atoms. The average Bonchev–Trinajstić information content (AvgIpc) is 2.74. The van der Waals surface area contributed by atoms with Gasteiger partial charge < -0.3 is 0 Å². The van der Waals surface area contributed by atoms with Crippen molar-refractivity contribution < 1.29 is 0 Å². The van der Waals surface area contributed by atoms with Crippen molar-refractivity contribution in [2.75, 3.05) is 0 Å². The molecule has 3 aliphatic carbocycles. The maximum absolute atomic E-state index is 6.07. The van der Waals surface area contributed by atoms with E-state index in [0.29, 0.717) is 0 Å². The van der Waals surface area contributed by atoms with Crippen molar-refractivity contribution in [3.05, 3.63) is 34.9 Å². The van der Waals surface area contributed by atoms with E-state index in [1.54, 1.807) is 38.5 Å². The summed E-state index contributed by atoms with van der Waals surface area (Å²) in [6, 6.07) is 8.67.